The molecule has 0 spiro atoms. The van der Waals surface area contributed by atoms with Crippen LogP contribution in [0, 0.1) is 10.1 Å². The molecule has 1 fully saturated rings. The highest BCUT2D eigenvalue weighted by atomic mass is 16.6. The lowest BCUT2D eigenvalue weighted by atomic mass is 10.1. The minimum atomic E-state index is -0.849. The number of aliphatic hydroxyl groups excluding tert-OH is 2. The van der Waals surface area contributed by atoms with Crippen molar-refractivity contribution in [1.29, 1.82) is 0 Å². The molecule has 2 N–H and O–H groups in total. The van der Waals surface area contributed by atoms with Crippen LogP contribution in [0.4, 0.5) is 5.69 Å². The standard InChI is InChI=1S/C12H14N2O5/c15-10(5-13-6-11(16)12(17)7-13)8-2-1-3-9(4-8)14(18)19/h1-4,11-12,16-17H,5-7H2. The third-order valence-corrected chi connectivity index (χ3v) is 3.08. The molecule has 1 aromatic carbocycles. The molecule has 102 valence electrons. The van der Waals surface area contributed by atoms with Gasteiger partial charge in [0.25, 0.3) is 5.69 Å². The Bertz CT molecular complexity index is 495. The molecule has 2 atom stereocenters. The Kier molecular flexibility index (Phi) is 3.89. The fourth-order valence-electron chi connectivity index (χ4n) is 2.06. The molecule has 0 bridgehead atoms. The molecule has 0 saturated carbocycles. The van der Waals surface area contributed by atoms with E-state index in [0.29, 0.717) is 0 Å². The minimum absolute atomic E-state index is 0.0231. The van der Waals surface area contributed by atoms with Crippen LogP contribution in [0.1, 0.15) is 10.4 Å². The van der Waals surface area contributed by atoms with Crippen LogP contribution in [0.15, 0.2) is 24.3 Å². The molecule has 0 amide bonds. The predicted molar refractivity (Wildman–Crippen MR) is 65.9 cm³/mol. The number of nitro groups is 1. The van der Waals surface area contributed by atoms with Crippen molar-refractivity contribution in [2.24, 2.45) is 0 Å². The largest absolute Gasteiger partial charge is 0.389 e. The van der Waals surface area contributed by atoms with E-state index in [1.54, 1.807) is 4.90 Å². The summed E-state index contributed by atoms with van der Waals surface area (Å²) in [6.45, 7) is 0.471. The van der Waals surface area contributed by atoms with E-state index in [4.69, 9.17) is 0 Å². The molecule has 1 saturated heterocycles. The number of aliphatic hydroxyl groups is 2. The second-order valence-corrected chi connectivity index (χ2v) is 4.56. The first-order valence-electron chi connectivity index (χ1n) is 5.83. The first-order chi connectivity index (χ1) is 8.97. The molecule has 1 aliphatic heterocycles. The summed E-state index contributed by atoms with van der Waals surface area (Å²) in [7, 11) is 0. The zero-order valence-corrected chi connectivity index (χ0v) is 10.1. The van der Waals surface area contributed by atoms with E-state index >= 15 is 0 Å². The van der Waals surface area contributed by atoms with Crippen molar-refractivity contribution in [2.45, 2.75) is 12.2 Å². The van der Waals surface area contributed by atoms with Gasteiger partial charge in [0.05, 0.1) is 23.7 Å². The molecule has 7 nitrogen and oxygen atoms in total. The lowest BCUT2D eigenvalue weighted by molar-refractivity contribution is -0.384. The number of β-amino-alcohol motifs (C(OH)–C–C–N with tert-alkyl or cyclic N) is 2. The van der Waals surface area contributed by atoms with Gasteiger partial charge in [0.2, 0.25) is 0 Å². The van der Waals surface area contributed by atoms with E-state index in [9.17, 15) is 25.1 Å². The fourth-order valence-corrected chi connectivity index (χ4v) is 2.06. The van der Waals surface area contributed by atoms with Gasteiger partial charge in [-0.3, -0.25) is 19.8 Å². The maximum absolute atomic E-state index is 12.0. The number of hydrogen-bond acceptors (Lipinski definition) is 6. The Labute approximate surface area is 109 Å². The van der Waals surface area contributed by atoms with Crippen molar-refractivity contribution in [3.05, 3.63) is 39.9 Å². The monoisotopic (exact) mass is 266 g/mol. The topological polar surface area (TPSA) is 104 Å². The maximum atomic E-state index is 12.0. The van der Waals surface area contributed by atoms with E-state index < -0.39 is 17.1 Å². The molecule has 2 unspecified atom stereocenters. The van der Waals surface area contributed by atoms with E-state index in [1.807, 2.05) is 0 Å². The predicted octanol–water partition coefficient (Wildman–Crippen LogP) is -0.185. The van der Waals surface area contributed by atoms with Crippen molar-refractivity contribution >= 4 is 11.5 Å². The molecule has 2 rings (SSSR count). The Hall–Kier alpha value is -1.83. The van der Waals surface area contributed by atoms with Crippen LogP contribution in [-0.4, -0.2) is 57.7 Å². The van der Waals surface area contributed by atoms with Gasteiger partial charge in [-0.25, -0.2) is 0 Å². The average Bonchev–Trinajstić information content (AvgIpc) is 2.68. The van der Waals surface area contributed by atoms with Gasteiger partial charge in [0, 0.05) is 30.8 Å². The molecule has 7 heteroatoms. The average molecular weight is 266 g/mol. The zero-order chi connectivity index (χ0) is 14.0. The molecule has 0 aliphatic carbocycles. The fraction of sp³-hybridized carbons (Fsp3) is 0.417. The molecule has 1 aromatic rings. The maximum Gasteiger partial charge on any atom is 0.270 e. The number of ketones is 1. The summed E-state index contributed by atoms with van der Waals surface area (Å²) in [5, 5.41) is 29.4. The number of benzene rings is 1. The Morgan fingerprint density at radius 2 is 2.00 bits per heavy atom. The number of nitrogens with zero attached hydrogens (tertiary/aromatic N) is 2. The highest BCUT2D eigenvalue weighted by Crippen LogP contribution is 2.15. The van der Waals surface area contributed by atoms with Gasteiger partial charge in [-0.2, -0.15) is 0 Å². The second-order valence-electron chi connectivity index (χ2n) is 4.56. The van der Waals surface area contributed by atoms with Gasteiger partial charge in [-0.05, 0) is 0 Å². The highest BCUT2D eigenvalue weighted by Gasteiger charge is 2.30. The van der Waals surface area contributed by atoms with E-state index in [1.165, 1.54) is 24.3 Å². The molecule has 19 heavy (non-hydrogen) atoms. The Morgan fingerprint density at radius 3 is 2.58 bits per heavy atom. The number of likely N-dealkylation sites (tertiary alicyclic amines) is 1. The van der Waals surface area contributed by atoms with Gasteiger partial charge in [-0.1, -0.05) is 12.1 Å². The number of non-ortho nitro benzene ring substituents is 1. The summed E-state index contributed by atoms with van der Waals surface area (Å²) in [4.78, 5) is 23.7. The third kappa shape index (κ3) is 3.14. The van der Waals surface area contributed by atoms with Crippen LogP contribution in [0.25, 0.3) is 0 Å². The zero-order valence-electron chi connectivity index (χ0n) is 10.1. The number of carbonyl (C=O) groups excluding carboxylic acids is 1. The molecule has 1 aliphatic rings. The van der Waals surface area contributed by atoms with Crippen molar-refractivity contribution in [3.8, 4) is 0 Å². The van der Waals surface area contributed by atoms with Gasteiger partial charge in [0.15, 0.2) is 5.78 Å². The molecule has 0 radical (unpaired) electrons. The number of carbonyl (C=O) groups is 1. The number of nitro benzene ring substituents is 1. The van der Waals surface area contributed by atoms with Crippen molar-refractivity contribution in [3.63, 3.8) is 0 Å². The van der Waals surface area contributed by atoms with Gasteiger partial charge in [-0.15, -0.1) is 0 Å². The van der Waals surface area contributed by atoms with Crippen LogP contribution in [0.2, 0.25) is 0 Å². The summed E-state index contributed by atoms with van der Waals surface area (Å²) >= 11 is 0. The number of hydrogen-bond donors (Lipinski definition) is 2. The molecular weight excluding hydrogens is 252 g/mol. The third-order valence-electron chi connectivity index (χ3n) is 3.08. The second kappa shape index (κ2) is 5.43. The van der Waals surface area contributed by atoms with Gasteiger partial charge in [0.1, 0.15) is 0 Å². The smallest absolute Gasteiger partial charge is 0.270 e. The SMILES string of the molecule is O=C(CN1CC(O)C(O)C1)c1cccc([N+](=O)[O-])c1. The highest BCUT2D eigenvalue weighted by molar-refractivity contribution is 5.98. The lowest BCUT2D eigenvalue weighted by Crippen LogP contribution is -2.28. The van der Waals surface area contributed by atoms with Crippen molar-refractivity contribution in [2.75, 3.05) is 19.6 Å². The van der Waals surface area contributed by atoms with Crippen LogP contribution in [0.3, 0.4) is 0 Å². The quantitative estimate of drug-likeness (QED) is 0.445. The summed E-state index contributed by atoms with van der Waals surface area (Å²) < 4.78 is 0. The van der Waals surface area contributed by atoms with Crippen LogP contribution in [0.5, 0.6) is 0 Å². The first-order valence-corrected chi connectivity index (χ1v) is 5.83. The van der Waals surface area contributed by atoms with Crippen LogP contribution >= 0.6 is 0 Å². The Balaban J connectivity index is 2.04. The lowest BCUT2D eigenvalue weighted by Gasteiger charge is -2.13. The van der Waals surface area contributed by atoms with E-state index in [-0.39, 0.29) is 36.7 Å². The van der Waals surface area contributed by atoms with Crippen LogP contribution in [-0.2, 0) is 0 Å². The summed E-state index contributed by atoms with van der Waals surface area (Å²) in [6.07, 6.45) is -1.70. The summed E-state index contributed by atoms with van der Waals surface area (Å²) in [5.41, 5.74) is 0.123. The van der Waals surface area contributed by atoms with E-state index in [2.05, 4.69) is 0 Å². The molecule has 0 aromatic heterocycles. The Morgan fingerprint density at radius 1 is 1.37 bits per heavy atom. The number of rotatable bonds is 4. The summed E-state index contributed by atoms with van der Waals surface area (Å²) in [5.74, 6) is -0.273. The van der Waals surface area contributed by atoms with Gasteiger partial charge >= 0.3 is 0 Å². The molecular formula is C12H14N2O5. The van der Waals surface area contributed by atoms with Crippen molar-refractivity contribution in [1.82, 2.24) is 4.90 Å². The van der Waals surface area contributed by atoms with Crippen molar-refractivity contribution < 1.29 is 19.9 Å². The summed E-state index contributed by atoms with van der Waals surface area (Å²) in [6, 6.07) is 5.52. The first kappa shape index (κ1) is 13.6. The number of Topliss-reactive ketones (excluding diaryl/α,β-unsaturated/α-hetero) is 1. The minimum Gasteiger partial charge on any atom is -0.389 e. The van der Waals surface area contributed by atoms with E-state index in [0.717, 1.165) is 0 Å². The van der Waals surface area contributed by atoms with Crippen LogP contribution < -0.4 is 0 Å². The van der Waals surface area contributed by atoms with Gasteiger partial charge < -0.3 is 10.2 Å². The molecule has 1 heterocycles. The normalized spacial score (nSPS) is 23.5.